The molecule has 5 aromatic carbocycles. The van der Waals surface area contributed by atoms with Crippen molar-refractivity contribution in [2.24, 2.45) is 22.4 Å². The van der Waals surface area contributed by atoms with Gasteiger partial charge in [-0.1, -0.05) is 129 Å². The molecule has 21 nitrogen and oxygen atoms in total. The van der Waals surface area contributed by atoms with E-state index in [9.17, 15) is 52.6 Å². The van der Waals surface area contributed by atoms with E-state index in [2.05, 4.69) is 47.5 Å². The summed E-state index contributed by atoms with van der Waals surface area (Å²) in [5.74, 6) is -5.88. The molecule has 0 aromatic heterocycles. The number of unbranched alkanes of at least 4 members (excludes halogenated alkanes) is 1. The zero-order valence-corrected chi connectivity index (χ0v) is 49.9. The van der Waals surface area contributed by atoms with Gasteiger partial charge in [-0.05, 0) is 90.6 Å². The van der Waals surface area contributed by atoms with E-state index in [1.165, 1.54) is 30.3 Å². The number of halogens is 1. The molecule has 88 heavy (non-hydrogen) atoms. The molecule has 2 fully saturated rings. The minimum absolute atomic E-state index is 0.0222. The largest absolute Gasteiger partial charge is 0.480 e. The Bertz CT molecular complexity index is 3280. The molecule has 8 amide bonds. The number of carboxylic acids is 1. The third-order valence-electron chi connectivity index (χ3n) is 14.8. The molecule has 13 N–H and O–H groups in total. The summed E-state index contributed by atoms with van der Waals surface area (Å²) < 4.78 is 14.1. The number of amides is 8. The van der Waals surface area contributed by atoms with E-state index in [0.29, 0.717) is 45.5 Å². The lowest BCUT2D eigenvalue weighted by molar-refractivity contribution is -0.142. The highest BCUT2D eigenvalue weighted by atomic mass is 32.2. The number of nitrogens with zero attached hydrogens (tertiary/aromatic N) is 1. The number of aliphatic imine (C=N–C) groups is 1. The van der Waals surface area contributed by atoms with Gasteiger partial charge in [-0.2, -0.15) is 11.8 Å². The summed E-state index contributed by atoms with van der Waals surface area (Å²) in [5.41, 5.74) is 14.6. The fraction of sp³-hybridized carbons (Fsp3) is 0.354. The van der Waals surface area contributed by atoms with E-state index < -0.39 is 71.5 Å². The number of guanidine groups is 1. The predicted molar refractivity (Wildman–Crippen MR) is 334 cm³/mol. The van der Waals surface area contributed by atoms with Gasteiger partial charge in [-0.15, -0.1) is 0 Å². The van der Waals surface area contributed by atoms with Gasteiger partial charge in [-0.25, -0.2) is 19.0 Å². The molecule has 1 unspecified atom stereocenters. The highest BCUT2D eigenvalue weighted by Gasteiger charge is 2.42. The number of carbonyl (C=O) groups excluding carboxylic acids is 8. The van der Waals surface area contributed by atoms with E-state index in [0.717, 1.165) is 18.6 Å². The van der Waals surface area contributed by atoms with E-state index in [-0.39, 0.29) is 98.4 Å². The molecule has 7 rings (SSSR count). The van der Waals surface area contributed by atoms with Crippen molar-refractivity contribution < 1.29 is 52.6 Å². The number of urea groups is 1. The molecule has 2 saturated heterocycles. The zero-order chi connectivity index (χ0) is 63.1. The molecule has 2 aliphatic heterocycles. The second kappa shape index (κ2) is 32.9. The van der Waals surface area contributed by atoms with E-state index >= 15 is 0 Å². The average molecular weight is 1220 g/mol. The quantitative estimate of drug-likeness (QED) is 0.00684. The lowest BCUT2D eigenvalue weighted by Gasteiger charge is -2.28. The van der Waals surface area contributed by atoms with Crippen molar-refractivity contribution in [3.05, 3.63) is 179 Å². The van der Waals surface area contributed by atoms with Crippen LogP contribution in [0.2, 0.25) is 0 Å². The molecule has 0 radical (unpaired) electrons. The summed E-state index contributed by atoms with van der Waals surface area (Å²) in [7, 11) is 0. The van der Waals surface area contributed by atoms with Crippen molar-refractivity contribution in [2.75, 3.05) is 12.3 Å². The van der Waals surface area contributed by atoms with Crippen molar-refractivity contribution in [3.8, 4) is 0 Å². The molecule has 2 heterocycles. The van der Waals surface area contributed by atoms with Gasteiger partial charge < -0.3 is 59.1 Å². The third kappa shape index (κ3) is 20.9. The van der Waals surface area contributed by atoms with Gasteiger partial charge in [0.05, 0.1) is 17.8 Å². The first-order valence-electron chi connectivity index (χ1n) is 29.3. The molecule has 0 bridgehead atoms. The van der Waals surface area contributed by atoms with Gasteiger partial charge in [0.15, 0.2) is 11.7 Å². The number of benzene rings is 5. The van der Waals surface area contributed by atoms with E-state index in [1.807, 2.05) is 19.9 Å². The second-order valence-electron chi connectivity index (χ2n) is 22.2. The van der Waals surface area contributed by atoms with Crippen LogP contribution in [0.5, 0.6) is 0 Å². The van der Waals surface area contributed by atoms with Gasteiger partial charge >= 0.3 is 12.0 Å². The van der Waals surface area contributed by atoms with Gasteiger partial charge in [0, 0.05) is 60.4 Å². The van der Waals surface area contributed by atoms with Crippen LogP contribution in [0, 0.1) is 11.7 Å². The molecule has 464 valence electrons. The number of nitrogens with two attached hydrogens (primary N) is 2. The maximum absolute atomic E-state index is 14.8. The van der Waals surface area contributed by atoms with Crippen molar-refractivity contribution in [1.82, 2.24) is 42.5 Å². The Morgan fingerprint density at radius 2 is 1.17 bits per heavy atom. The van der Waals surface area contributed by atoms with Crippen LogP contribution in [0.1, 0.15) is 97.0 Å². The van der Waals surface area contributed by atoms with Crippen LogP contribution < -0.4 is 54.0 Å². The lowest BCUT2D eigenvalue weighted by atomic mass is 9.98. The van der Waals surface area contributed by atoms with Gasteiger partial charge in [0.2, 0.25) is 35.4 Å². The summed E-state index contributed by atoms with van der Waals surface area (Å²) >= 11 is 1.80. The number of nitrogens with one attached hydrogen (secondary N) is 8. The third-order valence-corrected chi connectivity index (χ3v) is 16.3. The standard InChI is InChI=1S/C65H76FN11O10S/c1-39(2)34-49(73-62(84)52(37-43-23-30-47(31-24-43)70-64(67)68)75-60(82)50(35-42-21-28-46(66)29-22-42)71-56(79)32-25-40-12-5-3-6-13-40)59(81)74-51(36-41-19-26-45(27-20-41)58(80)44-14-7-4-8-15-44)61(83)72-48(63(85)86)16-11-33-69-55(78)18-10-9-17-54-57-53(38-88-54)76-65(87)77-57/h3-8,12-15,19-32,39,48-54,57H,9-11,16-18,33-38H2,1-2H3,(H,69,78)(H,71,79)(H,72,83)(H,73,84)(H,74,81)(H,75,82)(H,85,86)(H4,67,68,70)(H2,76,77,87)/b32-25+/t48-,49-,50-,51-,52-,53+,54?,57+/m0/s1. The molecule has 0 saturated carbocycles. The number of fused-ring (bicyclic) bond motifs is 1. The number of carboxylic acid groups (broad SMARTS) is 1. The summed E-state index contributed by atoms with van der Waals surface area (Å²) in [6.45, 7) is 3.74. The van der Waals surface area contributed by atoms with Crippen LogP contribution in [0.4, 0.5) is 14.9 Å². The van der Waals surface area contributed by atoms with Gasteiger partial charge in [0.25, 0.3) is 0 Å². The van der Waals surface area contributed by atoms with Crippen LogP contribution in [0.15, 0.2) is 145 Å². The molecule has 5 aromatic rings. The molecule has 23 heteroatoms. The Hall–Kier alpha value is -9.38. The summed E-state index contributed by atoms with van der Waals surface area (Å²) in [5, 5.41) is 33.0. The maximum atomic E-state index is 14.8. The molecule has 8 atom stereocenters. The van der Waals surface area contributed by atoms with Crippen molar-refractivity contribution >= 4 is 82.7 Å². The Balaban J connectivity index is 1.07. The number of ketones is 1. The Morgan fingerprint density at radius 3 is 1.75 bits per heavy atom. The normalized spacial score (nSPS) is 16.7. The topological polar surface area (TPSA) is 334 Å². The van der Waals surface area contributed by atoms with Crippen LogP contribution in [0.25, 0.3) is 6.08 Å². The average Bonchev–Trinajstić information content (AvgIpc) is 2.61. The van der Waals surface area contributed by atoms with Crippen molar-refractivity contribution in [1.29, 1.82) is 0 Å². The monoisotopic (exact) mass is 1220 g/mol. The van der Waals surface area contributed by atoms with Crippen LogP contribution in [-0.2, 0) is 52.8 Å². The van der Waals surface area contributed by atoms with Crippen LogP contribution in [-0.4, -0.2) is 124 Å². The maximum Gasteiger partial charge on any atom is 0.326 e. The number of hydrogen-bond donors (Lipinski definition) is 11. The summed E-state index contributed by atoms with van der Waals surface area (Å²) in [4.78, 5) is 127. The van der Waals surface area contributed by atoms with Crippen molar-refractivity contribution in [2.45, 2.75) is 126 Å². The summed E-state index contributed by atoms with van der Waals surface area (Å²) in [6, 6.07) is 28.8. The Labute approximate surface area is 514 Å². The number of thioether (sulfide) groups is 1. The molecule has 0 aliphatic carbocycles. The Kier molecular flexibility index (Phi) is 24.8. The van der Waals surface area contributed by atoms with Crippen molar-refractivity contribution in [3.63, 3.8) is 0 Å². The number of carbonyl (C=O) groups is 9. The van der Waals surface area contributed by atoms with E-state index in [4.69, 9.17) is 11.5 Å². The molecule has 0 spiro atoms. The first-order valence-corrected chi connectivity index (χ1v) is 30.4. The SMILES string of the molecule is CC(C)C[C@H](NC(=O)[C@H](Cc1ccc(N=C(N)N)cc1)NC(=O)[C@H](Cc1ccc(F)cc1)NC(=O)/C=C/c1ccccc1)C(=O)N[C@@H](Cc1ccc(C(=O)c2ccccc2)cc1)C(=O)N[C@@H](CCCNC(=O)CCCCC1SC[C@H]2NC(=O)N[C@@H]12)C(=O)O. The predicted octanol–water partition coefficient (Wildman–Crippen LogP) is 4.88. The molecular weight excluding hydrogens is 1150 g/mol. The number of aliphatic carboxylic acids is 1. The van der Waals surface area contributed by atoms with Gasteiger partial charge in [0.1, 0.15) is 36.0 Å². The zero-order valence-electron chi connectivity index (χ0n) is 49.0. The first-order chi connectivity index (χ1) is 42.3. The van der Waals surface area contributed by atoms with Gasteiger partial charge in [-0.3, -0.25) is 33.6 Å². The first kappa shape index (κ1) is 66.2. The molecular formula is C65H76FN11O10S. The Morgan fingerprint density at radius 1 is 0.648 bits per heavy atom. The summed E-state index contributed by atoms with van der Waals surface area (Å²) in [6.07, 6.45) is 4.97. The smallest absolute Gasteiger partial charge is 0.326 e. The lowest BCUT2D eigenvalue weighted by Crippen LogP contribution is -2.59. The number of rotatable bonds is 32. The highest BCUT2D eigenvalue weighted by Crippen LogP contribution is 2.33. The highest BCUT2D eigenvalue weighted by molar-refractivity contribution is 8.00. The van der Waals surface area contributed by atoms with Crippen LogP contribution >= 0.6 is 11.8 Å². The minimum Gasteiger partial charge on any atom is -0.480 e. The fourth-order valence-corrected chi connectivity index (χ4v) is 11.8. The van der Waals surface area contributed by atoms with E-state index in [1.54, 1.807) is 121 Å². The fourth-order valence-electron chi connectivity index (χ4n) is 10.3. The minimum atomic E-state index is -1.45. The number of hydrogen-bond acceptors (Lipinski definition) is 11. The van der Waals surface area contributed by atoms with Crippen LogP contribution in [0.3, 0.4) is 0 Å². The molecule has 2 aliphatic rings. The second-order valence-corrected chi connectivity index (χ2v) is 23.5.